The van der Waals surface area contributed by atoms with Crippen LogP contribution in [0.25, 0.3) is 0 Å². The third kappa shape index (κ3) is 3.18. The zero-order valence-electron chi connectivity index (χ0n) is 10.6. The van der Waals surface area contributed by atoms with Gasteiger partial charge in [-0.2, -0.15) is 0 Å². The summed E-state index contributed by atoms with van der Waals surface area (Å²) in [6, 6.07) is 11.6. The molecule has 0 atom stereocenters. The van der Waals surface area contributed by atoms with Gasteiger partial charge < -0.3 is 10.0 Å². The fourth-order valence-corrected chi connectivity index (χ4v) is 2.15. The van der Waals surface area contributed by atoms with Crippen molar-refractivity contribution >= 4 is 17.3 Å². The lowest BCUT2D eigenvalue weighted by Gasteiger charge is -2.23. The molecule has 0 fully saturated rings. The molecule has 2 nitrogen and oxygen atoms in total. The second-order valence-corrected chi connectivity index (χ2v) is 4.65. The number of rotatable bonds is 4. The first-order chi connectivity index (χ1) is 9.11. The second-order valence-electron chi connectivity index (χ2n) is 4.24. The maximum atomic E-state index is 13.2. The highest BCUT2D eigenvalue weighted by Crippen LogP contribution is 2.29. The number of aromatic hydroxyl groups is 1. The number of phenols is 1. The van der Waals surface area contributed by atoms with Crippen LogP contribution in [0, 0.1) is 5.82 Å². The van der Waals surface area contributed by atoms with E-state index in [0.29, 0.717) is 18.1 Å². The van der Waals surface area contributed by atoms with Crippen LogP contribution in [0.1, 0.15) is 12.5 Å². The standard InChI is InChI=1S/C15H15ClFNO/c1-2-18(13-7-4-6-12(17)9-13)10-11-5-3-8-14(16)15(11)19/h3-9,19H,2,10H2,1H3. The molecule has 19 heavy (non-hydrogen) atoms. The first-order valence-corrected chi connectivity index (χ1v) is 6.46. The monoisotopic (exact) mass is 279 g/mol. The van der Waals surface area contributed by atoms with Gasteiger partial charge in [0.05, 0.1) is 5.02 Å². The van der Waals surface area contributed by atoms with Gasteiger partial charge >= 0.3 is 0 Å². The van der Waals surface area contributed by atoms with Crippen molar-refractivity contribution < 1.29 is 9.50 Å². The molecule has 0 unspecified atom stereocenters. The molecule has 0 saturated carbocycles. The zero-order chi connectivity index (χ0) is 13.8. The molecule has 1 N–H and O–H groups in total. The van der Waals surface area contributed by atoms with Crippen molar-refractivity contribution in [2.45, 2.75) is 13.5 Å². The van der Waals surface area contributed by atoms with E-state index in [2.05, 4.69) is 0 Å². The Balaban J connectivity index is 2.26. The van der Waals surface area contributed by atoms with Crippen LogP contribution < -0.4 is 4.90 Å². The predicted molar refractivity (Wildman–Crippen MR) is 76.2 cm³/mol. The lowest BCUT2D eigenvalue weighted by Crippen LogP contribution is -2.22. The first kappa shape index (κ1) is 13.7. The molecule has 0 radical (unpaired) electrons. The minimum Gasteiger partial charge on any atom is -0.506 e. The molecule has 0 heterocycles. The minimum absolute atomic E-state index is 0.0824. The molecular formula is C15H15ClFNO. The van der Waals surface area contributed by atoms with Crippen LogP contribution in [-0.2, 0) is 6.54 Å². The summed E-state index contributed by atoms with van der Waals surface area (Å²) in [4.78, 5) is 1.97. The Labute approximate surface area is 117 Å². The van der Waals surface area contributed by atoms with Crippen molar-refractivity contribution in [3.05, 3.63) is 58.9 Å². The predicted octanol–water partition coefficient (Wildman–Crippen LogP) is 4.21. The van der Waals surface area contributed by atoms with Gasteiger partial charge in [-0.15, -0.1) is 0 Å². The summed E-state index contributed by atoms with van der Waals surface area (Å²) in [5.41, 5.74) is 1.50. The van der Waals surface area contributed by atoms with E-state index in [1.165, 1.54) is 12.1 Å². The van der Waals surface area contributed by atoms with Crippen LogP contribution in [0.2, 0.25) is 5.02 Å². The molecule has 0 aliphatic carbocycles. The van der Waals surface area contributed by atoms with Crippen molar-refractivity contribution in [3.63, 3.8) is 0 Å². The lowest BCUT2D eigenvalue weighted by atomic mass is 10.1. The topological polar surface area (TPSA) is 23.5 Å². The molecule has 0 aliphatic heterocycles. The third-order valence-electron chi connectivity index (χ3n) is 2.99. The van der Waals surface area contributed by atoms with Crippen LogP contribution in [0.15, 0.2) is 42.5 Å². The molecule has 0 aliphatic rings. The molecule has 2 rings (SSSR count). The number of benzene rings is 2. The average Bonchev–Trinajstić information content (AvgIpc) is 2.40. The Hall–Kier alpha value is -1.74. The van der Waals surface area contributed by atoms with Gasteiger partial charge in [-0.05, 0) is 31.2 Å². The molecule has 2 aromatic rings. The van der Waals surface area contributed by atoms with E-state index in [-0.39, 0.29) is 11.6 Å². The fraction of sp³-hybridized carbons (Fsp3) is 0.200. The molecule has 0 saturated heterocycles. The average molecular weight is 280 g/mol. The first-order valence-electron chi connectivity index (χ1n) is 6.08. The SMILES string of the molecule is CCN(Cc1cccc(Cl)c1O)c1cccc(F)c1. The summed E-state index contributed by atoms with van der Waals surface area (Å²) in [5.74, 6) is -0.190. The van der Waals surface area contributed by atoms with E-state index in [1.54, 1.807) is 18.2 Å². The van der Waals surface area contributed by atoms with Gasteiger partial charge in [0.15, 0.2) is 0 Å². The van der Waals surface area contributed by atoms with Crippen molar-refractivity contribution in [2.24, 2.45) is 0 Å². The Morgan fingerprint density at radius 1 is 1.21 bits per heavy atom. The number of nitrogens with zero attached hydrogens (tertiary/aromatic N) is 1. The summed E-state index contributed by atoms with van der Waals surface area (Å²) < 4.78 is 13.2. The van der Waals surface area contributed by atoms with Crippen LogP contribution in [0.5, 0.6) is 5.75 Å². The molecule has 0 bridgehead atoms. The molecular weight excluding hydrogens is 265 g/mol. The number of hydrogen-bond donors (Lipinski definition) is 1. The van der Waals surface area contributed by atoms with Crippen LogP contribution in [-0.4, -0.2) is 11.7 Å². The summed E-state index contributed by atoms with van der Waals surface area (Å²) in [6.07, 6.45) is 0. The number of anilines is 1. The van der Waals surface area contributed by atoms with Crippen molar-refractivity contribution in [3.8, 4) is 5.75 Å². The summed E-state index contributed by atoms with van der Waals surface area (Å²) in [6.45, 7) is 3.16. The number of hydrogen-bond acceptors (Lipinski definition) is 2. The second kappa shape index (κ2) is 5.93. The summed E-state index contributed by atoms with van der Waals surface area (Å²) >= 11 is 5.88. The Bertz CT molecular complexity index is 574. The van der Waals surface area contributed by atoms with Gasteiger partial charge in [-0.3, -0.25) is 0 Å². The molecule has 0 amide bonds. The van der Waals surface area contributed by atoms with Gasteiger partial charge in [0.2, 0.25) is 0 Å². The minimum atomic E-state index is -0.272. The summed E-state index contributed by atoms with van der Waals surface area (Å²) in [5, 5.41) is 10.2. The number of halogens is 2. The van der Waals surface area contributed by atoms with Gasteiger partial charge in [0.1, 0.15) is 11.6 Å². The summed E-state index contributed by atoms with van der Waals surface area (Å²) in [7, 11) is 0. The van der Waals surface area contributed by atoms with E-state index in [4.69, 9.17) is 11.6 Å². The highest BCUT2D eigenvalue weighted by molar-refractivity contribution is 6.32. The van der Waals surface area contributed by atoms with Crippen LogP contribution in [0.4, 0.5) is 10.1 Å². The van der Waals surface area contributed by atoms with E-state index in [1.807, 2.05) is 24.0 Å². The molecule has 2 aromatic carbocycles. The maximum absolute atomic E-state index is 13.2. The lowest BCUT2D eigenvalue weighted by molar-refractivity contribution is 0.467. The fourth-order valence-electron chi connectivity index (χ4n) is 1.95. The highest BCUT2D eigenvalue weighted by Gasteiger charge is 2.10. The molecule has 0 spiro atoms. The Morgan fingerprint density at radius 3 is 2.63 bits per heavy atom. The van der Waals surface area contributed by atoms with E-state index >= 15 is 0 Å². The Morgan fingerprint density at radius 2 is 1.95 bits per heavy atom. The van der Waals surface area contributed by atoms with E-state index in [0.717, 1.165) is 11.3 Å². The van der Waals surface area contributed by atoms with Crippen molar-refractivity contribution in [1.82, 2.24) is 0 Å². The Kier molecular flexibility index (Phi) is 4.27. The highest BCUT2D eigenvalue weighted by atomic mass is 35.5. The van der Waals surface area contributed by atoms with Gasteiger partial charge in [-0.1, -0.05) is 29.8 Å². The quantitative estimate of drug-likeness (QED) is 0.906. The van der Waals surface area contributed by atoms with Gasteiger partial charge in [0.25, 0.3) is 0 Å². The van der Waals surface area contributed by atoms with Crippen LogP contribution >= 0.6 is 11.6 Å². The van der Waals surface area contributed by atoms with Crippen LogP contribution in [0.3, 0.4) is 0 Å². The van der Waals surface area contributed by atoms with E-state index in [9.17, 15) is 9.50 Å². The number of para-hydroxylation sites is 1. The number of phenolic OH excluding ortho intramolecular Hbond substituents is 1. The van der Waals surface area contributed by atoms with E-state index < -0.39 is 0 Å². The van der Waals surface area contributed by atoms with Gasteiger partial charge in [0, 0.05) is 24.3 Å². The smallest absolute Gasteiger partial charge is 0.139 e. The maximum Gasteiger partial charge on any atom is 0.139 e. The largest absolute Gasteiger partial charge is 0.506 e. The molecule has 0 aromatic heterocycles. The third-order valence-corrected chi connectivity index (χ3v) is 3.29. The van der Waals surface area contributed by atoms with Gasteiger partial charge in [-0.25, -0.2) is 4.39 Å². The van der Waals surface area contributed by atoms with Crippen molar-refractivity contribution in [2.75, 3.05) is 11.4 Å². The van der Waals surface area contributed by atoms with Crippen molar-refractivity contribution in [1.29, 1.82) is 0 Å². The molecule has 4 heteroatoms. The molecule has 100 valence electrons. The normalized spacial score (nSPS) is 10.5. The zero-order valence-corrected chi connectivity index (χ0v) is 11.4.